The summed E-state index contributed by atoms with van der Waals surface area (Å²) in [6.07, 6.45) is 0.838. The number of pyridine rings is 1. The number of ether oxygens (including phenoxy) is 1. The van der Waals surface area contributed by atoms with Crippen LogP contribution in [-0.4, -0.2) is 35.0 Å². The zero-order valence-electron chi connectivity index (χ0n) is 16.4. The fourth-order valence-electron chi connectivity index (χ4n) is 4.25. The van der Waals surface area contributed by atoms with Crippen molar-refractivity contribution in [1.82, 2.24) is 14.9 Å². The number of carbonyl (C=O) groups excluding carboxylic acids is 1. The van der Waals surface area contributed by atoms with Crippen molar-refractivity contribution in [2.75, 3.05) is 19.7 Å². The number of ketones is 1. The summed E-state index contributed by atoms with van der Waals surface area (Å²) in [6.45, 7) is 4.62. The number of nitrogens with zero attached hydrogens (tertiary/aromatic N) is 2. The number of fused-ring (bicyclic) bond motifs is 4. The van der Waals surface area contributed by atoms with Gasteiger partial charge in [0.05, 0.1) is 5.56 Å². The van der Waals surface area contributed by atoms with Gasteiger partial charge in [-0.15, -0.1) is 0 Å². The summed E-state index contributed by atoms with van der Waals surface area (Å²) in [5, 5.41) is 5.45. The number of para-hydroxylation sites is 2. The summed E-state index contributed by atoms with van der Waals surface area (Å²) in [6, 6.07) is 18.0. The topological polar surface area (TPSA) is 56.1 Å². The van der Waals surface area contributed by atoms with Crippen LogP contribution < -0.4 is 10.1 Å². The molecule has 0 radical (unpaired) electrons. The monoisotopic (exact) mass is 385 g/mol. The van der Waals surface area contributed by atoms with E-state index in [0.29, 0.717) is 5.75 Å². The molecule has 146 valence electrons. The summed E-state index contributed by atoms with van der Waals surface area (Å²) >= 11 is 0. The zero-order chi connectivity index (χ0) is 19.8. The van der Waals surface area contributed by atoms with E-state index in [9.17, 15) is 4.79 Å². The SMILES string of the molecule is Cc1ccc2cccc(OCC(=O)c3c4n(c5ccccc35)CCNCC4)c2n1. The molecule has 0 unspecified atom stereocenters. The van der Waals surface area contributed by atoms with Crippen molar-refractivity contribution in [3.8, 4) is 5.75 Å². The first kappa shape index (κ1) is 17.9. The van der Waals surface area contributed by atoms with E-state index in [-0.39, 0.29) is 12.4 Å². The number of aryl methyl sites for hydroxylation is 1. The second-order valence-corrected chi connectivity index (χ2v) is 7.48. The smallest absolute Gasteiger partial charge is 0.202 e. The second-order valence-electron chi connectivity index (χ2n) is 7.48. The number of rotatable bonds is 4. The third-order valence-electron chi connectivity index (χ3n) is 5.59. The van der Waals surface area contributed by atoms with Crippen LogP contribution in [0.3, 0.4) is 0 Å². The Morgan fingerprint density at radius 3 is 2.93 bits per heavy atom. The molecule has 0 saturated heterocycles. The van der Waals surface area contributed by atoms with Crippen LogP contribution in [0.25, 0.3) is 21.8 Å². The molecule has 4 aromatic rings. The molecule has 0 aliphatic carbocycles. The van der Waals surface area contributed by atoms with Crippen molar-refractivity contribution in [3.63, 3.8) is 0 Å². The van der Waals surface area contributed by atoms with Crippen molar-refractivity contribution in [3.05, 3.63) is 71.5 Å². The number of hydrogen-bond donors (Lipinski definition) is 1. The summed E-state index contributed by atoms with van der Waals surface area (Å²) in [5.74, 6) is 0.664. The third-order valence-corrected chi connectivity index (χ3v) is 5.59. The van der Waals surface area contributed by atoms with Gasteiger partial charge in [0, 0.05) is 53.7 Å². The molecule has 1 aliphatic rings. The van der Waals surface area contributed by atoms with Gasteiger partial charge in [-0.3, -0.25) is 4.79 Å². The lowest BCUT2D eigenvalue weighted by molar-refractivity contribution is 0.0923. The average molecular weight is 385 g/mol. The number of aromatic nitrogens is 2. The molecule has 0 amide bonds. The lowest BCUT2D eigenvalue weighted by Gasteiger charge is -2.10. The van der Waals surface area contributed by atoms with Crippen LogP contribution in [0, 0.1) is 6.92 Å². The Balaban J connectivity index is 1.50. The molecular weight excluding hydrogens is 362 g/mol. The Labute approximate surface area is 169 Å². The van der Waals surface area contributed by atoms with E-state index in [1.807, 2.05) is 55.5 Å². The number of hydrogen-bond acceptors (Lipinski definition) is 4. The van der Waals surface area contributed by atoms with Gasteiger partial charge in [0.1, 0.15) is 11.3 Å². The molecule has 3 heterocycles. The Bertz CT molecular complexity index is 1230. The first-order valence-electron chi connectivity index (χ1n) is 10.1. The number of benzene rings is 2. The minimum Gasteiger partial charge on any atom is -0.483 e. The van der Waals surface area contributed by atoms with Crippen LogP contribution in [0.5, 0.6) is 5.75 Å². The van der Waals surface area contributed by atoms with Crippen molar-refractivity contribution in [2.24, 2.45) is 0 Å². The van der Waals surface area contributed by atoms with Crippen LogP contribution in [0.2, 0.25) is 0 Å². The maximum absolute atomic E-state index is 13.3. The summed E-state index contributed by atoms with van der Waals surface area (Å²) < 4.78 is 8.28. The fraction of sp³-hybridized carbons (Fsp3) is 0.250. The molecule has 5 rings (SSSR count). The predicted molar refractivity (Wildman–Crippen MR) is 115 cm³/mol. The predicted octanol–water partition coefficient (Wildman–Crippen LogP) is 3.91. The molecule has 2 aromatic heterocycles. The van der Waals surface area contributed by atoms with E-state index in [2.05, 4.69) is 20.9 Å². The Morgan fingerprint density at radius 1 is 1.10 bits per heavy atom. The fourth-order valence-corrected chi connectivity index (χ4v) is 4.25. The Hall–Kier alpha value is -3.18. The van der Waals surface area contributed by atoms with Crippen molar-refractivity contribution in [1.29, 1.82) is 0 Å². The van der Waals surface area contributed by atoms with Crippen LogP contribution >= 0.6 is 0 Å². The molecule has 0 saturated carbocycles. The molecule has 29 heavy (non-hydrogen) atoms. The van der Waals surface area contributed by atoms with Gasteiger partial charge in [0.15, 0.2) is 6.61 Å². The largest absolute Gasteiger partial charge is 0.483 e. The van der Waals surface area contributed by atoms with Gasteiger partial charge in [-0.1, -0.05) is 36.4 Å². The van der Waals surface area contributed by atoms with E-state index in [1.165, 1.54) is 0 Å². The first-order valence-corrected chi connectivity index (χ1v) is 10.1. The number of Topliss-reactive ketones (excluding diaryl/α,β-unsaturated/α-hetero) is 1. The lowest BCUT2D eigenvalue weighted by Crippen LogP contribution is -2.18. The average Bonchev–Trinajstić information content (AvgIpc) is 2.87. The van der Waals surface area contributed by atoms with Gasteiger partial charge >= 0.3 is 0 Å². The maximum Gasteiger partial charge on any atom is 0.202 e. The van der Waals surface area contributed by atoms with Crippen LogP contribution in [0.1, 0.15) is 21.7 Å². The normalized spacial score (nSPS) is 14.0. The Kier molecular flexibility index (Phi) is 4.52. The van der Waals surface area contributed by atoms with Crippen molar-refractivity contribution < 1.29 is 9.53 Å². The summed E-state index contributed by atoms with van der Waals surface area (Å²) in [7, 11) is 0. The highest BCUT2D eigenvalue weighted by Crippen LogP contribution is 2.29. The molecule has 2 aromatic carbocycles. The number of nitrogens with one attached hydrogen (secondary N) is 1. The van der Waals surface area contributed by atoms with Gasteiger partial charge in [-0.2, -0.15) is 0 Å². The van der Waals surface area contributed by atoms with E-state index in [1.54, 1.807) is 0 Å². The van der Waals surface area contributed by atoms with E-state index >= 15 is 0 Å². The standard InChI is InChI=1S/C24H23N3O2/c1-16-9-10-17-5-4-8-22(24(17)26-16)29-15-21(28)23-18-6-2-3-7-19(18)27-14-13-25-12-11-20(23)27/h2-10,25H,11-15H2,1H3. The molecule has 0 fully saturated rings. The van der Waals surface area contributed by atoms with E-state index in [4.69, 9.17) is 4.74 Å². The van der Waals surface area contributed by atoms with Gasteiger partial charge in [-0.25, -0.2) is 4.98 Å². The highest BCUT2D eigenvalue weighted by molar-refractivity contribution is 6.10. The maximum atomic E-state index is 13.3. The molecule has 0 atom stereocenters. The van der Waals surface area contributed by atoms with Gasteiger partial charge in [-0.05, 0) is 25.1 Å². The molecule has 1 aliphatic heterocycles. The Morgan fingerprint density at radius 2 is 2.00 bits per heavy atom. The molecule has 0 spiro atoms. The zero-order valence-corrected chi connectivity index (χ0v) is 16.4. The van der Waals surface area contributed by atoms with Gasteiger partial charge in [0.2, 0.25) is 5.78 Å². The minimum atomic E-state index is 0.00315. The third kappa shape index (κ3) is 3.17. The molecule has 5 nitrogen and oxygen atoms in total. The van der Waals surface area contributed by atoms with Gasteiger partial charge in [0.25, 0.3) is 0 Å². The highest BCUT2D eigenvalue weighted by atomic mass is 16.5. The van der Waals surface area contributed by atoms with E-state index in [0.717, 1.165) is 64.8 Å². The second kappa shape index (κ2) is 7.33. The lowest BCUT2D eigenvalue weighted by atomic mass is 10.1. The molecule has 1 N–H and O–H groups in total. The summed E-state index contributed by atoms with van der Waals surface area (Å²) in [5.41, 5.74) is 4.75. The summed E-state index contributed by atoms with van der Waals surface area (Å²) in [4.78, 5) is 17.9. The van der Waals surface area contributed by atoms with Crippen LogP contribution in [-0.2, 0) is 13.0 Å². The van der Waals surface area contributed by atoms with Gasteiger partial charge < -0.3 is 14.6 Å². The van der Waals surface area contributed by atoms with Crippen molar-refractivity contribution in [2.45, 2.75) is 19.9 Å². The molecule has 5 heteroatoms. The van der Waals surface area contributed by atoms with E-state index < -0.39 is 0 Å². The minimum absolute atomic E-state index is 0.00315. The first-order chi connectivity index (χ1) is 14.2. The molecular formula is C24H23N3O2. The quantitative estimate of drug-likeness (QED) is 0.541. The van der Waals surface area contributed by atoms with Crippen LogP contribution in [0.4, 0.5) is 0 Å². The number of carbonyl (C=O) groups is 1. The molecule has 0 bridgehead atoms. The van der Waals surface area contributed by atoms with Crippen LogP contribution in [0.15, 0.2) is 54.6 Å². The highest BCUT2D eigenvalue weighted by Gasteiger charge is 2.23. The van der Waals surface area contributed by atoms with Crippen molar-refractivity contribution >= 4 is 27.6 Å².